The van der Waals surface area contributed by atoms with Gasteiger partial charge in [-0.2, -0.15) is 0 Å². The molecule has 2 aliphatic rings. The van der Waals surface area contributed by atoms with Gasteiger partial charge in [-0.05, 0) is 62.9 Å². The summed E-state index contributed by atoms with van der Waals surface area (Å²) in [6, 6.07) is 16.9. The van der Waals surface area contributed by atoms with Gasteiger partial charge in [0.05, 0.1) is 42.7 Å². The van der Waals surface area contributed by atoms with Crippen LogP contribution in [0.25, 0.3) is 16.7 Å². The van der Waals surface area contributed by atoms with Crippen LogP contribution in [0.4, 0.5) is 13.6 Å². The van der Waals surface area contributed by atoms with Crippen molar-refractivity contribution in [2.24, 2.45) is 0 Å². The molecule has 0 saturated carbocycles. The molecule has 11 nitrogen and oxygen atoms in total. The Bertz CT molecular complexity index is 1920. The molecule has 51 heavy (non-hydrogen) atoms. The second-order valence-corrected chi connectivity index (χ2v) is 14.6. The highest BCUT2D eigenvalue weighted by Gasteiger charge is 2.37. The van der Waals surface area contributed by atoms with Gasteiger partial charge in [-0.15, -0.1) is 0 Å². The molecule has 4 aromatic rings. The van der Waals surface area contributed by atoms with Crippen molar-refractivity contribution in [1.29, 1.82) is 0 Å². The van der Waals surface area contributed by atoms with Crippen LogP contribution in [0.2, 0.25) is 5.15 Å². The number of aliphatic hydroxyl groups is 1. The smallest absolute Gasteiger partial charge is 0.410 e. The van der Waals surface area contributed by atoms with Crippen LogP contribution in [0, 0.1) is 0 Å². The summed E-state index contributed by atoms with van der Waals surface area (Å²) >= 11 is 6.65. The van der Waals surface area contributed by atoms with Crippen LogP contribution in [-0.4, -0.2) is 91.5 Å². The maximum atomic E-state index is 13.8. The van der Waals surface area contributed by atoms with Gasteiger partial charge < -0.3 is 19.5 Å². The first-order valence-electron chi connectivity index (χ1n) is 17.0. The average molecular weight is 726 g/mol. The molecule has 2 atom stereocenters. The Morgan fingerprint density at radius 2 is 1.76 bits per heavy atom. The standard InChI is InChI=1S/C37H42ClF2N5O6/c1-36(2,3)51-35(48)44-17-18-50-21-29(44)25-9-11-26(12-10-25)45-30(38)19-28-33(45)41-23-43(34(28)47)22-37(49)13-15-42(16-14-37)31(46)20-27(32(39)40)24-7-5-4-6-8-24/h4-12,19,23,27,29,32,49H,13-18,20-22H2,1-3H3/t27-,29+/m1/s1. The number of ether oxygens (including phenoxy) is 2. The van der Waals surface area contributed by atoms with E-state index in [9.17, 15) is 28.3 Å². The molecule has 272 valence electrons. The molecule has 14 heteroatoms. The molecule has 1 N–H and O–H groups in total. The van der Waals surface area contributed by atoms with Gasteiger partial charge in [-0.25, -0.2) is 18.6 Å². The van der Waals surface area contributed by atoms with E-state index in [-0.39, 0.29) is 61.0 Å². The molecule has 2 saturated heterocycles. The molecule has 0 aliphatic carbocycles. The number of fused-ring (bicyclic) bond motifs is 1. The van der Waals surface area contributed by atoms with E-state index in [4.69, 9.17) is 21.1 Å². The molecule has 0 radical (unpaired) electrons. The third kappa shape index (κ3) is 8.10. The highest BCUT2D eigenvalue weighted by atomic mass is 35.5. The number of rotatable bonds is 8. The average Bonchev–Trinajstić information content (AvgIpc) is 3.44. The number of halogens is 3. The summed E-state index contributed by atoms with van der Waals surface area (Å²) in [5, 5.41) is 12.0. The van der Waals surface area contributed by atoms with Crippen LogP contribution in [0.1, 0.15) is 63.1 Å². The largest absolute Gasteiger partial charge is 0.444 e. The number of likely N-dealkylation sites (tertiary alicyclic amines) is 1. The summed E-state index contributed by atoms with van der Waals surface area (Å²) in [4.78, 5) is 47.3. The minimum atomic E-state index is -2.69. The summed E-state index contributed by atoms with van der Waals surface area (Å²) in [7, 11) is 0. The molecule has 2 amide bonds. The number of alkyl halides is 2. The van der Waals surface area contributed by atoms with Crippen molar-refractivity contribution in [3.8, 4) is 5.69 Å². The summed E-state index contributed by atoms with van der Waals surface area (Å²) < 4.78 is 41.9. The maximum absolute atomic E-state index is 13.8. The first-order valence-corrected chi connectivity index (χ1v) is 17.4. The lowest BCUT2D eigenvalue weighted by Crippen LogP contribution is -2.50. The number of morpholine rings is 1. The lowest BCUT2D eigenvalue weighted by Gasteiger charge is -2.38. The number of aromatic nitrogens is 3. The zero-order valence-electron chi connectivity index (χ0n) is 28.8. The SMILES string of the molecule is CC(C)(C)OC(=O)N1CCOC[C@H]1c1ccc(-n2c(Cl)cc3c(=O)n(CC4(O)CCN(C(=O)C[C@H](c5ccccc5)C(F)F)CC4)cnc32)cc1. The van der Waals surface area contributed by atoms with Crippen molar-refractivity contribution in [2.75, 3.05) is 32.8 Å². The van der Waals surface area contributed by atoms with E-state index < -0.39 is 35.5 Å². The van der Waals surface area contributed by atoms with Gasteiger partial charge in [0.15, 0.2) is 5.65 Å². The minimum Gasteiger partial charge on any atom is -0.444 e. The molecule has 2 aliphatic heterocycles. The molecule has 0 spiro atoms. The van der Waals surface area contributed by atoms with Crippen LogP contribution in [0.5, 0.6) is 0 Å². The lowest BCUT2D eigenvalue weighted by molar-refractivity contribution is -0.137. The summed E-state index contributed by atoms with van der Waals surface area (Å²) in [6.07, 6.45) is -1.74. The summed E-state index contributed by atoms with van der Waals surface area (Å²) in [5.41, 5.74) is -0.0904. The van der Waals surface area contributed by atoms with E-state index in [1.54, 1.807) is 39.8 Å². The number of hydrogen-bond acceptors (Lipinski definition) is 7. The number of benzene rings is 2. The third-order valence-corrected chi connectivity index (χ3v) is 9.75. The van der Waals surface area contributed by atoms with E-state index in [0.717, 1.165) is 5.56 Å². The van der Waals surface area contributed by atoms with E-state index in [0.29, 0.717) is 36.7 Å². The van der Waals surface area contributed by atoms with Gasteiger partial charge in [0.1, 0.15) is 17.1 Å². The predicted octanol–water partition coefficient (Wildman–Crippen LogP) is 5.94. The molecule has 6 rings (SSSR count). The highest BCUT2D eigenvalue weighted by molar-refractivity contribution is 6.31. The molecule has 4 heterocycles. The van der Waals surface area contributed by atoms with E-state index in [1.165, 1.54) is 21.9 Å². The van der Waals surface area contributed by atoms with Gasteiger partial charge in [0.2, 0.25) is 12.3 Å². The van der Waals surface area contributed by atoms with Crippen LogP contribution >= 0.6 is 11.6 Å². The third-order valence-electron chi connectivity index (χ3n) is 9.47. The van der Waals surface area contributed by atoms with Gasteiger partial charge in [-0.3, -0.25) is 23.6 Å². The topological polar surface area (TPSA) is 119 Å². The van der Waals surface area contributed by atoms with Gasteiger partial charge in [-0.1, -0.05) is 54.1 Å². The Kier molecular flexibility index (Phi) is 10.5. The van der Waals surface area contributed by atoms with Crippen LogP contribution < -0.4 is 5.56 Å². The fourth-order valence-electron chi connectivity index (χ4n) is 6.73. The number of carbonyl (C=O) groups excluding carboxylic acids is 2. The lowest BCUT2D eigenvalue weighted by atomic mass is 9.90. The zero-order valence-corrected chi connectivity index (χ0v) is 29.6. The van der Waals surface area contributed by atoms with Crippen LogP contribution in [0.3, 0.4) is 0 Å². The van der Waals surface area contributed by atoms with E-state index >= 15 is 0 Å². The van der Waals surface area contributed by atoms with Crippen molar-refractivity contribution >= 4 is 34.6 Å². The Hall–Kier alpha value is -4.33. The molecule has 0 unspecified atom stereocenters. The van der Waals surface area contributed by atoms with Crippen LogP contribution in [-0.2, 0) is 20.8 Å². The van der Waals surface area contributed by atoms with Crippen LogP contribution in [0.15, 0.2) is 71.8 Å². The first kappa shape index (κ1) is 36.5. The van der Waals surface area contributed by atoms with Gasteiger partial charge in [0, 0.05) is 31.7 Å². The van der Waals surface area contributed by atoms with E-state index in [1.807, 2.05) is 45.0 Å². The summed E-state index contributed by atoms with van der Waals surface area (Å²) in [6.45, 7) is 6.88. The monoisotopic (exact) mass is 725 g/mol. The Labute approximate surface area is 299 Å². The Balaban J connectivity index is 1.14. The number of nitrogens with zero attached hydrogens (tertiary/aromatic N) is 5. The molecule has 2 aromatic carbocycles. The number of amides is 2. The zero-order chi connectivity index (χ0) is 36.5. The van der Waals surface area contributed by atoms with Crippen molar-refractivity contribution in [2.45, 2.75) is 76.2 Å². The molecular weight excluding hydrogens is 684 g/mol. The van der Waals surface area contributed by atoms with Crippen molar-refractivity contribution in [3.63, 3.8) is 0 Å². The minimum absolute atomic E-state index is 0.0599. The maximum Gasteiger partial charge on any atom is 0.410 e. The number of piperidine rings is 1. The fourth-order valence-corrected chi connectivity index (χ4v) is 7.01. The summed E-state index contributed by atoms with van der Waals surface area (Å²) in [5.74, 6) is -1.61. The molecular formula is C37H42ClF2N5O6. The first-order chi connectivity index (χ1) is 24.2. The quantitative estimate of drug-likeness (QED) is 0.239. The Morgan fingerprint density at radius 1 is 1.08 bits per heavy atom. The fraction of sp³-hybridized carbons (Fsp3) is 0.459. The predicted molar refractivity (Wildman–Crippen MR) is 187 cm³/mol. The number of hydrogen-bond donors (Lipinski definition) is 1. The van der Waals surface area contributed by atoms with E-state index in [2.05, 4.69) is 4.98 Å². The Morgan fingerprint density at radius 3 is 2.41 bits per heavy atom. The highest BCUT2D eigenvalue weighted by Crippen LogP contribution is 2.32. The normalized spacial score (nSPS) is 18.6. The number of carbonyl (C=O) groups is 2. The van der Waals surface area contributed by atoms with Crippen molar-refractivity contribution in [1.82, 2.24) is 23.9 Å². The second kappa shape index (κ2) is 14.7. The van der Waals surface area contributed by atoms with Crippen molar-refractivity contribution in [3.05, 3.63) is 93.6 Å². The molecule has 0 bridgehead atoms. The second-order valence-electron chi connectivity index (χ2n) is 14.2. The van der Waals surface area contributed by atoms with Gasteiger partial charge >= 0.3 is 6.09 Å². The van der Waals surface area contributed by atoms with Gasteiger partial charge in [0.25, 0.3) is 5.56 Å². The molecule has 2 aromatic heterocycles. The molecule has 2 fully saturated rings. The van der Waals surface area contributed by atoms with Crippen molar-refractivity contribution < 1.29 is 33.0 Å².